The maximum atomic E-state index is 13.1. The van der Waals surface area contributed by atoms with Gasteiger partial charge in [-0.05, 0) is 13.1 Å². The second kappa shape index (κ2) is 6.10. The third kappa shape index (κ3) is 2.99. The lowest BCUT2D eigenvalue weighted by Gasteiger charge is -2.37. The summed E-state index contributed by atoms with van der Waals surface area (Å²) in [5.41, 5.74) is 6.13. The fourth-order valence-electron chi connectivity index (χ4n) is 2.92. The van der Waals surface area contributed by atoms with Crippen molar-refractivity contribution in [2.24, 2.45) is 5.73 Å². The number of likely N-dealkylation sites (tertiary alicyclic amines) is 1. The first kappa shape index (κ1) is 16.8. The van der Waals surface area contributed by atoms with Crippen LogP contribution in [0.1, 0.15) is 17.3 Å². The molecule has 8 heteroatoms. The van der Waals surface area contributed by atoms with Gasteiger partial charge in [-0.15, -0.1) is 0 Å². The number of alkyl halides is 3. The van der Waals surface area contributed by atoms with Crippen molar-refractivity contribution in [2.75, 3.05) is 27.2 Å². The first-order valence-electron chi connectivity index (χ1n) is 7.55. The number of nitrogens with zero attached hydrogens (tertiary/aromatic N) is 3. The van der Waals surface area contributed by atoms with Crippen molar-refractivity contribution in [1.82, 2.24) is 14.5 Å². The van der Waals surface area contributed by atoms with Gasteiger partial charge in [0.05, 0.1) is 13.2 Å². The third-order valence-corrected chi connectivity index (χ3v) is 4.23. The quantitative estimate of drug-likeness (QED) is 0.929. The Morgan fingerprint density at radius 2 is 2.04 bits per heavy atom. The summed E-state index contributed by atoms with van der Waals surface area (Å²) in [6.07, 6.45) is -3.38. The Hall–Kier alpha value is -2.06. The molecule has 2 N–H and O–H groups in total. The first-order valence-corrected chi connectivity index (χ1v) is 7.55. The molecule has 0 atom stereocenters. The minimum atomic E-state index is -4.48. The highest BCUT2D eigenvalue weighted by molar-refractivity contribution is 5.61. The van der Waals surface area contributed by atoms with Crippen molar-refractivity contribution in [1.29, 1.82) is 0 Å². The second-order valence-electron chi connectivity index (χ2n) is 5.96. The maximum Gasteiger partial charge on any atom is 0.434 e. The highest BCUT2D eigenvalue weighted by Crippen LogP contribution is 2.35. The fraction of sp³-hybridized carbons (Fsp3) is 0.438. The van der Waals surface area contributed by atoms with Gasteiger partial charge in [0.2, 0.25) is 0 Å². The number of ether oxygens (including phenoxy) is 1. The maximum absolute atomic E-state index is 13.1. The Morgan fingerprint density at radius 1 is 1.33 bits per heavy atom. The van der Waals surface area contributed by atoms with Crippen molar-refractivity contribution < 1.29 is 17.9 Å². The predicted octanol–water partition coefficient (Wildman–Crippen LogP) is 2.52. The standard InChI is InChI=1S/C16H19F3N4O/c1-22-7-12(8-22)23-9-14(16(17,18)19)21-15(23)10-3-4-11(6-20)13(5-10)24-2/h3-5,9,12H,6-8,20H2,1-2H3. The lowest BCUT2D eigenvalue weighted by Crippen LogP contribution is -2.44. The zero-order valence-corrected chi connectivity index (χ0v) is 13.5. The summed E-state index contributed by atoms with van der Waals surface area (Å²) in [5.74, 6) is 0.839. The summed E-state index contributed by atoms with van der Waals surface area (Å²) in [6, 6.07) is 5.15. The van der Waals surface area contributed by atoms with E-state index in [1.54, 1.807) is 22.8 Å². The molecule has 1 saturated heterocycles. The van der Waals surface area contributed by atoms with E-state index in [-0.39, 0.29) is 6.04 Å². The third-order valence-electron chi connectivity index (χ3n) is 4.23. The van der Waals surface area contributed by atoms with E-state index in [4.69, 9.17) is 10.5 Å². The molecule has 0 aliphatic carbocycles. The molecular weight excluding hydrogens is 321 g/mol. The van der Waals surface area contributed by atoms with E-state index < -0.39 is 11.9 Å². The SMILES string of the molecule is COc1cc(-c2nc(C(F)(F)F)cn2C2CN(C)C2)ccc1CN. The van der Waals surface area contributed by atoms with Gasteiger partial charge in [0.1, 0.15) is 11.6 Å². The Morgan fingerprint density at radius 3 is 2.58 bits per heavy atom. The number of methoxy groups -OCH3 is 1. The van der Waals surface area contributed by atoms with Gasteiger partial charge < -0.3 is 19.9 Å². The molecule has 1 aliphatic rings. The number of rotatable bonds is 4. The van der Waals surface area contributed by atoms with Gasteiger partial charge in [-0.25, -0.2) is 4.98 Å². The van der Waals surface area contributed by atoms with Crippen molar-refractivity contribution >= 4 is 0 Å². The van der Waals surface area contributed by atoms with Gasteiger partial charge >= 0.3 is 6.18 Å². The van der Waals surface area contributed by atoms with Crippen molar-refractivity contribution in [3.05, 3.63) is 35.7 Å². The number of aromatic nitrogens is 2. The van der Waals surface area contributed by atoms with E-state index in [2.05, 4.69) is 4.98 Å². The number of nitrogens with two attached hydrogens (primary N) is 1. The van der Waals surface area contributed by atoms with Crippen LogP contribution in [0.2, 0.25) is 0 Å². The number of hydrogen-bond donors (Lipinski definition) is 1. The van der Waals surface area contributed by atoms with Crippen LogP contribution in [0.25, 0.3) is 11.4 Å². The summed E-state index contributed by atoms with van der Waals surface area (Å²) in [4.78, 5) is 5.88. The van der Waals surface area contributed by atoms with E-state index in [9.17, 15) is 13.2 Å². The smallest absolute Gasteiger partial charge is 0.434 e. The molecule has 0 saturated carbocycles. The van der Waals surface area contributed by atoms with Crippen molar-refractivity contribution in [2.45, 2.75) is 18.8 Å². The number of likely N-dealkylation sites (N-methyl/N-ethyl adjacent to an activating group) is 1. The Kier molecular flexibility index (Phi) is 4.27. The van der Waals surface area contributed by atoms with Crippen LogP contribution in [0.15, 0.2) is 24.4 Å². The lowest BCUT2D eigenvalue weighted by atomic mass is 10.1. The highest BCUT2D eigenvalue weighted by Gasteiger charge is 2.37. The van der Waals surface area contributed by atoms with Crippen LogP contribution < -0.4 is 10.5 Å². The molecule has 2 aromatic rings. The van der Waals surface area contributed by atoms with E-state index in [0.29, 0.717) is 36.8 Å². The van der Waals surface area contributed by atoms with Crippen molar-refractivity contribution in [3.8, 4) is 17.1 Å². The molecule has 0 unspecified atom stereocenters. The van der Waals surface area contributed by atoms with Gasteiger partial charge in [0.25, 0.3) is 0 Å². The van der Waals surface area contributed by atoms with Gasteiger partial charge in [0.15, 0.2) is 5.69 Å². The minimum Gasteiger partial charge on any atom is -0.496 e. The lowest BCUT2D eigenvalue weighted by molar-refractivity contribution is -0.141. The molecule has 0 bridgehead atoms. The van der Waals surface area contributed by atoms with Crippen molar-refractivity contribution in [3.63, 3.8) is 0 Å². The number of halogens is 3. The number of hydrogen-bond acceptors (Lipinski definition) is 4. The van der Waals surface area contributed by atoms with Gasteiger partial charge in [0, 0.05) is 37.0 Å². The molecule has 1 aromatic carbocycles. The summed E-state index contributed by atoms with van der Waals surface area (Å²) < 4.78 is 46.2. The largest absolute Gasteiger partial charge is 0.496 e. The molecule has 0 radical (unpaired) electrons. The van der Waals surface area contributed by atoms with E-state index in [1.807, 2.05) is 11.9 Å². The molecule has 2 heterocycles. The molecular formula is C16H19F3N4O. The molecule has 5 nitrogen and oxygen atoms in total. The topological polar surface area (TPSA) is 56.3 Å². The molecule has 24 heavy (non-hydrogen) atoms. The Labute approximate surface area is 137 Å². The average Bonchev–Trinajstić information content (AvgIpc) is 2.96. The summed E-state index contributed by atoms with van der Waals surface area (Å²) in [5, 5.41) is 0. The molecule has 1 aromatic heterocycles. The van der Waals surface area contributed by atoms with Crippen LogP contribution in [0.5, 0.6) is 5.75 Å². The monoisotopic (exact) mass is 340 g/mol. The van der Waals surface area contributed by atoms with Crippen LogP contribution in [0.4, 0.5) is 13.2 Å². The average molecular weight is 340 g/mol. The van der Waals surface area contributed by atoms with Crippen LogP contribution in [0, 0.1) is 0 Å². The molecule has 1 fully saturated rings. The van der Waals surface area contributed by atoms with E-state index in [1.165, 1.54) is 7.11 Å². The normalized spacial score (nSPS) is 16.2. The molecule has 0 spiro atoms. The minimum absolute atomic E-state index is 0.0196. The fourth-order valence-corrected chi connectivity index (χ4v) is 2.92. The predicted molar refractivity (Wildman–Crippen MR) is 83.6 cm³/mol. The summed E-state index contributed by atoms with van der Waals surface area (Å²) in [6.45, 7) is 1.68. The highest BCUT2D eigenvalue weighted by atomic mass is 19.4. The number of imidazole rings is 1. The van der Waals surface area contributed by atoms with Gasteiger partial charge in [-0.2, -0.15) is 13.2 Å². The second-order valence-corrected chi connectivity index (χ2v) is 5.96. The van der Waals surface area contributed by atoms with E-state index >= 15 is 0 Å². The summed E-state index contributed by atoms with van der Waals surface area (Å²) in [7, 11) is 3.43. The van der Waals surface area contributed by atoms with Gasteiger partial charge in [-0.3, -0.25) is 0 Å². The van der Waals surface area contributed by atoms with Crippen LogP contribution >= 0.6 is 0 Å². The molecule has 1 aliphatic heterocycles. The van der Waals surface area contributed by atoms with Crippen LogP contribution in [-0.4, -0.2) is 41.7 Å². The molecule has 130 valence electrons. The molecule has 3 rings (SSSR count). The first-order chi connectivity index (χ1) is 11.3. The zero-order chi connectivity index (χ0) is 17.5. The molecule has 0 amide bonds. The zero-order valence-electron chi connectivity index (χ0n) is 13.5. The Bertz CT molecular complexity index is 735. The van der Waals surface area contributed by atoms with E-state index in [0.717, 1.165) is 11.8 Å². The Balaban J connectivity index is 2.07. The summed E-state index contributed by atoms with van der Waals surface area (Å²) >= 11 is 0. The van der Waals surface area contributed by atoms with Gasteiger partial charge in [-0.1, -0.05) is 12.1 Å². The van der Waals surface area contributed by atoms with Crippen LogP contribution in [0.3, 0.4) is 0 Å². The number of benzene rings is 1. The van der Waals surface area contributed by atoms with Crippen LogP contribution in [-0.2, 0) is 12.7 Å².